The Morgan fingerprint density at radius 1 is 1.33 bits per heavy atom. The number of benzene rings is 1. The molecule has 1 amide bonds. The lowest BCUT2D eigenvalue weighted by Gasteiger charge is -2.12. The molecule has 0 spiro atoms. The molecule has 0 aliphatic heterocycles. The summed E-state index contributed by atoms with van der Waals surface area (Å²) in [6.45, 7) is 6.87. The summed E-state index contributed by atoms with van der Waals surface area (Å²) in [4.78, 5) is 11.7. The van der Waals surface area contributed by atoms with Crippen LogP contribution < -0.4 is 10.1 Å². The van der Waals surface area contributed by atoms with Crippen LogP contribution in [0.2, 0.25) is 0 Å². The molecule has 0 bridgehead atoms. The van der Waals surface area contributed by atoms with Gasteiger partial charge in [0.25, 0.3) is 0 Å². The molecule has 0 fully saturated rings. The third-order valence-electron chi connectivity index (χ3n) is 2.51. The molecule has 3 heteroatoms. The number of anilines is 1. The lowest BCUT2D eigenvalue weighted by Crippen LogP contribution is -2.14. The zero-order valence-corrected chi connectivity index (χ0v) is 11.5. The van der Waals surface area contributed by atoms with Gasteiger partial charge in [-0.2, -0.15) is 0 Å². The van der Waals surface area contributed by atoms with Crippen molar-refractivity contribution in [2.45, 2.75) is 40.0 Å². The first-order valence-corrected chi connectivity index (χ1v) is 6.65. The average molecular weight is 249 g/mol. The topological polar surface area (TPSA) is 38.3 Å². The molecule has 0 saturated carbocycles. The van der Waals surface area contributed by atoms with E-state index >= 15 is 0 Å². The highest BCUT2D eigenvalue weighted by Crippen LogP contribution is 2.24. The van der Waals surface area contributed by atoms with Crippen molar-refractivity contribution >= 4 is 11.6 Å². The van der Waals surface area contributed by atoms with Gasteiger partial charge >= 0.3 is 0 Å². The van der Waals surface area contributed by atoms with Crippen molar-refractivity contribution in [2.75, 3.05) is 11.9 Å². The Morgan fingerprint density at radius 3 is 2.72 bits per heavy atom. The fraction of sp³-hybridized carbons (Fsp3) is 0.533. The number of rotatable bonds is 7. The predicted octanol–water partition coefficient (Wildman–Crippen LogP) is 3.85. The summed E-state index contributed by atoms with van der Waals surface area (Å²) in [5, 5.41) is 2.90. The molecule has 18 heavy (non-hydrogen) atoms. The molecule has 0 unspecified atom stereocenters. The molecule has 0 aromatic heterocycles. The van der Waals surface area contributed by atoms with Crippen LogP contribution in [0.4, 0.5) is 5.69 Å². The van der Waals surface area contributed by atoms with Crippen molar-refractivity contribution in [1.82, 2.24) is 0 Å². The summed E-state index contributed by atoms with van der Waals surface area (Å²) in [5.41, 5.74) is 0.763. The van der Waals surface area contributed by atoms with Gasteiger partial charge in [-0.1, -0.05) is 39.3 Å². The number of hydrogen-bond acceptors (Lipinski definition) is 2. The first-order valence-electron chi connectivity index (χ1n) is 6.65. The third-order valence-corrected chi connectivity index (χ3v) is 2.51. The number of nitrogens with one attached hydrogen (secondary N) is 1. The number of unbranched alkanes of at least 4 members (excludes halogenated alkanes) is 1. The Kier molecular flexibility index (Phi) is 6.26. The summed E-state index contributed by atoms with van der Waals surface area (Å²) in [7, 11) is 0. The fourth-order valence-electron chi connectivity index (χ4n) is 1.59. The normalized spacial score (nSPS) is 10.4. The number of carbonyl (C=O) groups excluding carboxylic acids is 1. The van der Waals surface area contributed by atoms with Crippen LogP contribution in [0.5, 0.6) is 5.75 Å². The zero-order valence-electron chi connectivity index (χ0n) is 11.5. The maximum atomic E-state index is 11.7. The van der Waals surface area contributed by atoms with Crippen LogP contribution in [0.25, 0.3) is 0 Å². The number of hydrogen-bond donors (Lipinski definition) is 1. The Bertz CT molecular complexity index is 375. The Labute approximate surface area is 110 Å². The molecule has 0 radical (unpaired) electrons. The van der Waals surface area contributed by atoms with E-state index in [0.29, 0.717) is 18.9 Å². The minimum atomic E-state index is 0.0385. The van der Waals surface area contributed by atoms with Crippen LogP contribution in [-0.2, 0) is 4.79 Å². The Balaban J connectivity index is 2.61. The van der Waals surface area contributed by atoms with E-state index in [1.54, 1.807) is 0 Å². The zero-order chi connectivity index (χ0) is 13.4. The second-order valence-electron chi connectivity index (χ2n) is 4.84. The van der Waals surface area contributed by atoms with E-state index in [0.717, 1.165) is 24.3 Å². The number of amides is 1. The van der Waals surface area contributed by atoms with E-state index in [2.05, 4.69) is 12.2 Å². The van der Waals surface area contributed by atoms with Crippen LogP contribution >= 0.6 is 0 Å². The van der Waals surface area contributed by atoms with E-state index in [9.17, 15) is 4.79 Å². The lowest BCUT2D eigenvalue weighted by molar-refractivity contribution is -0.116. The summed E-state index contributed by atoms with van der Waals surface area (Å²) in [6, 6.07) is 7.58. The van der Waals surface area contributed by atoms with E-state index in [4.69, 9.17) is 4.74 Å². The predicted molar refractivity (Wildman–Crippen MR) is 74.9 cm³/mol. The lowest BCUT2D eigenvalue weighted by atomic mass is 10.1. The molecule has 0 aliphatic rings. The van der Waals surface area contributed by atoms with Gasteiger partial charge in [0, 0.05) is 6.42 Å². The van der Waals surface area contributed by atoms with Gasteiger partial charge in [-0.15, -0.1) is 0 Å². The Hall–Kier alpha value is -1.51. The van der Waals surface area contributed by atoms with Gasteiger partial charge in [-0.3, -0.25) is 4.79 Å². The smallest absolute Gasteiger partial charge is 0.224 e. The van der Waals surface area contributed by atoms with Gasteiger partial charge in [-0.25, -0.2) is 0 Å². The molecule has 0 heterocycles. The maximum Gasteiger partial charge on any atom is 0.224 e. The highest BCUT2D eigenvalue weighted by molar-refractivity contribution is 5.92. The SMILES string of the molecule is CCCCOc1ccccc1NC(=O)CC(C)C. The molecular weight excluding hydrogens is 226 g/mol. The van der Waals surface area contributed by atoms with Crippen molar-refractivity contribution < 1.29 is 9.53 Å². The van der Waals surface area contributed by atoms with Gasteiger partial charge in [0.05, 0.1) is 12.3 Å². The quantitative estimate of drug-likeness (QED) is 0.745. The highest BCUT2D eigenvalue weighted by atomic mass is 16.5. The van der Waals surface area contributed by atoms with Gasteiger partial charge in [0.1, 0.15) is 5.75 Å². The van der Waals surface area contributed by atoms with Crippen molar-refractivity contribution in [3.8, 4) is 5.75 Å². The summed E-state index contributed by atoms with van der Waals surface area (Å²) in [6.07, 6.45) is 2.65. The van der Waals surface area contributed by atoms with Crippen molar-refractivity contribution in [2.24, 2.45) is 5.92 Å². The molecule has 1 aromatic rings. The maximum absolute atomic E-state index is 11.7. The minimum Gasteiger partial charge on any atom is -0.491 e. The number of carbonyl (C=O) groups is 1. The molecule has 1 aromatic carbocycles. The second kappa shape index (κ2) is 7.75. The second-order valence-corrected chi connectivity index (χ2v) is 4.84. The third kappa shape index (κ3) is 5.21. The summed E-state index contributed by atoms with van der Waals surface area (Å²) < 4.78 is 5.67. The molecule has 0 atom stereocenters. The van der Waals surface area contributed by atoms with Crippen LogP contribution in [0.3, 0.4) is 0 Å². The van der Waals surface area contributed by atoms with E-state index in [1.807, 2.05) is 38.1 Å². The van der Waals surface area contributed by atoms with E-state index < -0.39 is 0 Å². The first-order chi connectivity index (χ1) is 8.63. The fourth-order valence-corrected chi connectivity index (χ4v) is 1.59. The molecule has 100 valence electrons. The van der Waals surface area contributed by atoms with Gasteiger partial charge in [0.15, 0.2) is 0 Å². The standard InChI is InChI=1S/C15H23NO2/c1-4-5-10-18-14-9-7-6-8-13(14)16-15(17)11-12(2)3/h6-9,12H,4-5,10-11H2,1-3H3,(H,16,17). The van der Waals surface area contributed by atoms with Crippen molar-refractivity contribution in [3.63, 3.8) is 0 Å². The minimum absolute atomic E-state index is 0.0385. The molecule has 3 nitrogen and oxygen atoms in total. The van der Waals surface area contributed by atoms with Gasteiger partial charge < -0.3 is 10.1 Å². The summed E-state index contributed by atoms with van der Waals surface area (Å²) in [5.74, 6) is 1.15. The van der Waals surface area contributed by atoms with Crippen LogP contribution in [0.1, 0.15) is 40.0 Å². The largest absolute Gasteiger partial charge is 0.491 e. The average Bonchev–Trinajstić information content (AvgIpc) is 2.30. The van der Waals surface area contributed by atoms with Crippen molar-refractivity contribution in [1.29, 1.82) is 0 Å². The van der Waals surface area contributed by atoms with Crippen molar-refractivity contribution in [3.05, 3.63) is 24.3 Å². The summed E-state index contributed by atoms with van der Waals surface area (Å²) >= 11 is 0. The van der Waals surface area contributed by atoms with E-state index in [1.165, 1.54) is 0 Å². The molecular formula is C15H23NO2. The Morgan fingerprint density at radius 2 is 2.06 bits per heavy atom. The first kappa shape index (κ1) is 14.6. The van der Waals surface area contributed by atoms with Crippen LogP contribution in [0.15, 0.2) is 24.3 Å². The molecule has 1 N–H and O–H groups in total. The highest BCUT2D eigenvalue weighted by Gasteiger charge is 2.08. The molecule has 0 saturated heterocycles. The van der Waals surface area contributed by atoms with Crippen LogP contribution in [-0.4, -0.2) is 12.5 Å². The molecule has 0 aliphatic carbocycles. The van der Waals surface area contributed by atoms with Crippen LogP contribution in [0, 0.1) is 5.92 Å². The van der Waals surface area contributed by atoms with Gasteiger partial charge in [-0.05, 0) is 24.5 Å². The van der Waals surface area contributed by atoms with Gasteiger partial charge in [0.2, 0.25) is 5.91 Å². The van der Waals surface area contributed by atoms with E-state index in [-0.39, 0.29) is 5.91 Å². The monoisotopic (exact) mass is 249 g/mol. The number of ether oxygens (including phenoxy) is 1. The number of para-hydroxylation sites is 2. The molecule has 1 rings (SSSR count).